The minimum absolute atomic E-state index is 0.391. The number of nitrogens with one attached hydrogen (secondary N) is 1. The third kappa shape index (κ3) is 7.91. The van der Waals surface area contributed by atoms with Crippen molar-refractivity contribution in [1.82, 2.24) is 10.2 Å². The minimum atomic E-state index is 0.391. The summed E-state index contributed by atoms with van der Waals surface area (Å²) in [7, 11) is 4.11. The van der Waals surface area contributed by atoms with Gasteiger partial charge in [-0.15, -0.1) is 0 Å². The molecular weight excluding hydrogens is 170 g/mol. The molecule has 0 aromatic heterocycles. The summed E-state index contributed by atoms with van der Waals surface area (Å²) in [5, 5.41) is 3.34. The Morgan fingerprint density at radius 2 is 2.17 bits per heavy atom. The number of likely N-dealkylation sites (N-methyl/N-ethyl adjacent to an activating group) is 1. The Bertz CT molecular complexity index is 136. The van der Waals surface area contributed by atoms with Gasteiger partial charge in [0, 0.05) is 25.6 Å². The van der Waals surface area contributed by atoms with E-state index in [1.165, 1.54) is 0 Å². The van der Waals surface area contributed by atoms with E-state index in [0.717, 1.165) is 19.5 Å². The molecule has 0 amide bonds. The molecule has 72 valence electrons. The molecule has 0 saturated carbocycles. The predicted octanol–water partition coefficient (Wildman–Crippen LogP) is 0.202. The SMILES string of the molecule is CC(CC(N)=S)NCCN(C)C. The van der Waals surface area contributed by atoms with E-state index in [-0.39, 0.29) is 0 Å². The Morgan fingerprint density at radius 3 is 2.58 bits per heavy atom. The summed E-state index contributed by atoms with van der Waals surface area (Å²) in [6.45, 7) is 4.12. The first-order valence-corrected chi connectivity index (χ1v) is 4.59. The maximum atomic E-state index is 5.41. The van der Waals surface area contributed by atoms with Gasteiger partial charge in [-0.25, -0.2) is 0 Å². The van der Waals surface area contributed by atoms with Crippen LogP contribution in [0, 0.1) is 0 Å². The monoisotopic (exact) mass is 189 g/mol. The molecule has 1 unspecified atom stereocenters. The minimum Gasteiger partial charge on any atom is -0.393 e. The highest BCUT2D eigenvalue weighted by Crippen LogP contribution is 1.89. The quantitative estimate of drug-likeness (QED) is 0.586. The number of hydrogen-bond acceptors (Lipinski definition) is 3. The Kier molecular flexibility index (Phi) is 6.24. The van der Waals surface area contributed by atoms with Gasteiger partial charge in [-0.2, -0.15) is 0 Å². The summed E-state index contributed by atoms with van der Waals surface area (Å²) in [6, 6.07) is 0.391. The fraction of sp³-hybridized carbons (Fsp3) is 0.875. The van der Waals surface area contributed by atoms with Crippen molar-refractivity contribution >= 4 is 17.2 Å². The van der Waals surface area contributed by atoms with E-state index in [1.54, 1.807) is 0 Å². The van der Waals surface area contributed by atoms with Crippen LogP contribution >= 0.6 is 12.2 Å². The predicted molar refractivity (Wildman–Crippen MR) is 57.4 cm³/mol. The van der Waals surface area contributed by atoms with E-state index < -0.39 is 0 Å². The molecule has 4 heteroatoms. The summed E-state index contributed by atoms with van der Waals surface area (Å²) in [4.78, 5) is 2.72. The fourth-order valence-corrected chi connectivity index (χ4v) is 1.16. The summed E-state index contributed by atoms with van der Waals surface area (Å²) in [5.74, 6) is 0. The number of hydrogen-bond donors (Lipinski definition) is 2. The lowest BCUT2D eigenvalue weighted by atomic mass is 10.2. The van der Waals surface area contributed by atoms with E-state index in [2.05, 4.69) is 31.2 Å². The molecule has 0 aromatic rings. The molecule has 0 saturated heterocycles. The summed E-state index contributed by atoms with van der Waals surface area (Å²) in [5.41, 5.74) is 5.41. The summed E-state index contributed by atoms with van der Waals surface area (Å²) < 4.78 is 0. The number of nitrogens with zero attached hydrogens (tertiary/aromatic N) is 1. The molecule has 0 rings (SSSR count). The van der Waals surface area contributed by atoms with Gasteiger partial charge < -0.3 is 16.0 Å². The number of rotatable bonds is 6. The molecule has 0 spiro atoms. The Balaban J connectivity index is 3.31. The summed E-state index contributed by atoms with van der Waals surface area (Å²) >= 11 is 4.80. The average molecular weight is 189 g/mol. The zero-order valence-corrected chi connectivity index (χ0v) is 8.95. The Labute approximate surface area is 80.3 Å². The van der Waals surface area contributed by atoms with Crippen LogP contribution in [0.1, 0.15) is 13.3 Å². The average Bonchev–Trinajstić information content (AvgIpc) is 1.84. The normalized spacial score (nSPS) is 13.3. The second-order valence-corrected chi connectivity index (χ2v) is 3.85. The first-order chi connectivity index (χ1) is 5.52. The molecule has 1 atom stereocenters. The zero-order valence-electron chi connectivity index (χ0n) is 8.13. The third-order valence-corrected chi connectivity index (χ3v) is 1.73. The van der Waals surface area contributed by atoms with Gasteiger partial charge in [0.15, 0.2) is 0 Å². The molecule has 0 aliphatic rings. The molecule has 0 bridgehead atoms. The van der Waals surface area contributed by atoms with Crippen LogP contribution in [0.4, 0.5) is 0 Å². The molecule has 0 radical (unpaired) electrons. The van der Waals surface area contributed by atoms with Gasteiger partial charge in [-0.1, -0.05) is 12.2 Å². The van der Waals surface area contributed by atoms with Crippen molar-refractivity contribution < 1.29 is 0 Å². The van der Waals surface area contributed by atoms with E-state index >= 15 is 0 Å². The van der Waals surface area contributed by atoms with Crippen molar-refractivity contribution in [2.24, 2.45) is 5.73 Å². The van der Waals surface area contributed by atoms with Crippen molar-refractivity contribution in [3.63, 3.8) is 0 Å². The third-order valence-electron chi connectivity index (χ3n) is 1.56. The van der Waals surface area contributed by atoms with Gasteiger partial charge in [0.1, 0.15) is 0 Å². The first kappa shape index (κ1) is 11.8. The van der Waals surface area contributed by atoms with Gasteiger partial charge in [-0.3, -0.25) is 0 Å². The molecule has 3 N–H and O–H groups in total. The van der Waals surface area contributed by atoms with Crippen LogP contribution in [0.25, 0.3) is 0 Å². The number of thiocarbonyl (C=S) groups is 1. The Hall–Kier alpha value is -0.190. The second-order valence-electron chi connectivity index (χ2n) is 3.33. The fourth-order valence-electron chi connectivity index (χ4n) is 0.909. The van der Waals surface area contributed by atoms with Gasteiger partial charge >= 0.3 is 0 Å². The van der Waals surface area contributed by atoms with Crippen LogP contribution in [-0.4, -0.2) is 43.1 Å². The lowest BCUT2D eigenvalue weighted by molar-refractivity contribution is 0.389. The highest BCUT2D eigenvalue weighted by atomic mass is 32.1. The van der Waals surface area contributed by atoms with Gasteiger partial charge in [0.25, 0.3) is 0 Å². The molecular formula is C8H19N3S. The van der Waals surface area contributed by atoms with Crippen LogP contribution in [-0.2, 0) is 0 Å². The van der Waals surface area contributed by atoms with E-state index in [1.807, 2.05) is 0 Å². The van der Waals surface area contributed by atoms with Crippen molar-refractivity contribution in [2.45, 2.75) is 19.4 Å². The van der Waals surface area contributed by atoms with Crippen LogP contribution < -0.4 is 11.1 Å². The molecule has 0 aromatic carbocycles. The topological polar surface area (TPSA) is 41.3 Å². The lowest BCUT2D eigenvalue weighted by Gasteiger charge is -2.15. The van der Waals surface area contributed by atoms with Crippen molar-refractivity contribution in [3.8, 4) is 0 Å². The maximum absolute atomic E-state index is 5.41. The highest BCUT2D eigenvalue weighted by molar-refractivity contribution is 7.80. The Morgan fingerprint density at radius 1 is 1.58 bits per heavy atom. The molecule has 0 aliphatic carbocycles. The molecule has 0 aliphatic heterocycles. The van der Waals surface area contributed by atoms with Crippen molar-refractivity contribution in [2.75, 3.05) is 27.2 Å². The van der Waals surface area contributed by atoms with Gasteiger partial charge in [-0.05, 0) is 21.0 Å². The van der Waals surface area contributed by atoms with Crippen LogP contribution in [0.5, 0.6) is 0 Å². The van der Waals surface area contributed by atoms with E-state index in [0.29, 0.717) is 11.0 Å². The summed E-state index contributed by atoms with van der Waals surface area (Å²) in [6.07, 6.45) is 0.781. The maximum Gasteiger partial charge on any atom is 0.0742 e. The second kappa shape index (κ2) is 6.34. The molecule has 0 heterocycles. The smallest absolute Gasteiger partial charge is 0.0742 e. The molecule has 0 fully saturated rings. The van der Waals surface area contributed by atoms with Crippen LogP contribution in [0.3, 0.4) is 0 Å². The highest BCUT2D eigenvalue weighted by Gasteiger charge is 2.01. The zero-order chi connectivity index (χ0) is 9.56. The van der Waals surface area contributed by atoms with Gasteiger partial charge in [0.2, 0.25) is 0 Å². The van der Waals surface area contributed by atoms with Crippen molar-refractivity contribution in [3.05, 3.63) is 0 Å². The van der Waals surface area contributed by atoms with Crippen molar-refractivity contribution in [1.29, 1.82) is 0 Å². The van der Waals surface area contributed by atoms with Crippen LogP contribution in [0.2, 0.25) is 0 Å². The number of nitrogens with two attached hydrogens (primary N) is 1. The van der Waals surface area contributed by atoms with Crippen LogP contribution in [0.15, 0.2) is 0 Å². The first-order valence-electron chi connectivity index (χ1n) is 4.18. The largest absolute Gasteiger partial charge is 0.393 e. The molecule has 12 heavy (non-hydrogen) atoms. The molecule has 3 nitrogen and oxygen atoms in total. The standard InChI is InChI=1S/C8H19N3S/c1-7(6-8(9)12)10-4-5-11(2)3/h7,10H,4-6H2,1-3H3,(H2,9,12). The van der Waals surface area contributed by atoms with E-state index in [9.17, 15) is 0 Å². The van der Waals surface area contributed by atoms with E-state index in [4.69, 9.17) is 18.0 Å². The van der Waals surface area contributed by atoms with Gasteiger partial charge in [0.05, 0.1) is 4.99 Å². The lowest BCUT2D eigenvalue weighted by Crippen LogP contribution is -2.35.